The van der Waals surface area contributed by atoms with Gasteiger partial charge in [-0.05, 0) is 48.7 Å². The summed E-state index contributed by atoms with van der Waals surface area (Å²) >= 11 is 0. The van der Waals surface area contributed by atoms with Crippen molar-refractivity contribution in [3.8, 4) is 11.3 Å². The zero-order valence-electron chi connectivity index (χ0n) is 11.5. The summed E-state index contributed by atoms with van der Waals surface area (Å²) in [7, 11) is 0. The fourth-order valence-corrected chi connectivity index (χ4v) is 2.77. The minimum Gasteiger partial charge on any atom is -0.232 e. The maximum atomic E-state index is 13.2. The number of aromatic nitrogens is 2. The van der Waals surface area contributed by atoms with Gasteiger partial charge in [-0.2, -0.15) is 5.10 Å². The lowest BCUT2D eigenvalue weighted by Gasteiger charge is -2.08. The predicted octanol–water partition coefficient (Wildman–Crippen LogP) is 4.60. The summed E-state index contributed by atoms with van der Waals surface area (Å²) in [5, 5.41) is 6.91. The molecule has 0 amide bonds. The molecular weight excluding hydrogens is 263 g/mol. The smallest absolute Gasteiger partial charge is 0.123 e. The van der Waals surface area contributed by atoms with Gasteiger partial charge < -0.3 is 0 Å². The first kappa shape index (κ1) is 12.1. The standard InChI is InChI=1S/C18H13FN2/c1-12-10-18-16-5-3-2-4-14(16)11-17(21(18)20-12)13-6-8-15(19)9-7-13/h2-11H,1H3. The van der Waals surface area contributed by atoms with Gasteiger partial charge in [-0.1, -0.05) is 24.3 Å². The Balaban J connectivity index is 2.13. The first-order valence-corrected chi connectivity index (χ1v) is 6.86. The molecule has 0 fully saturated rings. The van der Waals surface area contributed by atoms with Crippen molar-refractivity contribution >= 4 is 16.3 Å². The third-order valence-electron chi connectivity index (χ3n) is 3.73. The largest absolute Gasteiger partial charge is 0.232 e. The van der Waals surface area contributed by atoms with E-state index in [1.54, 1.807) is 12.1 Å². The summed E-state index contributed by atoms with van der Waals surface area (Å²) in [4.78, 5) is 0. The van der Waals surface area contributed by atoms with Gasteiger partial charge >= 0.3 is 0 Å². The lowest BCUT2D eigenvalue weighted by atomic mass is 10.1. The fourth-order valence-electron chi connectivity index (χ4n) is 2.77. The Bertz CT molecular complexity index is 952. The van der Waals surface area contributed by atoms with Crippen LogP contribution < -0.4 is 0 Å². The molecule has 21 heavy (non-hydrogen) atoms. The van der Waals surface area contributed by atoms with Crippen LogP contribution in [0.5, 0.6) is 0 Å². The maximum Gasteiger partial charge on any atom is 0.123 e. The van der Waals surface area contributed by atoms with Gasteiger partial charge in [0.1, 0.15) is 5.82 Å². The van der Waals surface area contributed by atoms with E-state index in [2.05, 4.69) is 29.4 Å². The third-order valence-corrected chi connectivity index (χ3v) is 3.73. The zero-order chi connectivity index (χ0) is 14.4. The normalized spacial score (nSPS) is 11.3. The summed E-state index contributed by atoms with van der Waals surface area (Å²) < 4.78 is 15.1. The van der Waals surface area contributed by atoms with Gasteiger partial charge in [-0.15, -0.1) is 0 Å². The second-order valence-electron chi connectivity index (χ2n) is 5.21. The number of nitrogens with zero attached hydrogens (tertiary/aromatic N) is 2. The Morgan fingerprint density at radius 1 is 0.952 bits per heavy atom. The summed E-state index contributed by atoms with van der Waals surface area (Å²) in [6.45, 7) is 1.98. The summed E-state index contributed by atoms with van der Waals surface area (Å²) in [5.74, 6) is -0.229. The van der Waals surface area contributed by atoms with Crippen LogP contribution in [-0.4, -0.2) is 9.61 Å². The van der Waals surface area contributed by atoms with Crippen molar-refractivity contribution in [3.63, 3.8) is 0 Å². The Hall–Kier alpha value is -2.68. The Labute approximate surface area is 121 Å². The van der Waals surface area contributed by atoms with Crippen LogP contribution in [0.4, 0.5) is 4.39 Å². The molecule has 0 aliphatic carbocycles. The molecule has 0 aliphatic heterocycles. The lowest BCUT2D eigenvalue weighted by Crippen LogP contribution is -1.95. The molecule has 2 aromatic heterocycles. The average molecular weight is 276 g/mol. The van der Waals surface area contributed by atoms with E-state index < -0.39 is 0 Å². The Morgan fingerprint density at radius 2 is 1.71 bits per heavy atom. The number of fused-ring (bicyclic) bond motifs is 3. The molecule has 0 saturated heterocycles. The molecule has 0 unspecified atom stereocenters. The molecule has 4 aromatic rings. The second-order valence-corrected chi connectivity index (χ2v) is 5.21. The second kappa shape index (κ2) is 4.42. The predicted molar refractivity (Wildman–Crippen MR) is 82.8 cm³/mol. The number of halogens is 1. The van der Waals surface area contributed by atoms with Crippen LogP contribution in [0.25, 0.3) is 27.5 Å². The number of hydrogen-bond donors (Lipinski definition) is 0. The topological polar surface area (TPSA) is 17.3 Å². The van der Waals surface area contributed by atoms with Crippen LogP contribution in [-0.2, 0) is 0 Å². The summed E-state index contributed by atoms with van der Waals surface area (Å²) in [6, 6.07) is 19.0. The van der Waals surface area contributed by atoms with E-state index in [9.17, 15) is 4.39 Å². The van der Waals surface area contributed by atoms with Crippen molar-refractivity contribution in [1.29, 1.82) is 0 Å². The van der Waals surface area contributed by atoms with Crippen molar-refractivity contribution in [3.05, 3.63) is 72.2 Å². The molecule has 0 bridgehead atoms. The molecular formula is C18H13FN2. The van der Waals surface area contributed by atoms with E-state index in [-0.39, 0.29) is 5.82 Å². The molecule has 102 valence electrons. The van der Waals surface area contributed by atoms with Crippen LogP contribution in [0.1, 0.15) is 5.69 Å². The maximum absolute atomic E-state index is 13.2. The third kappa shape index (κ3) is 1.89. The number of pyridine rings is 1. The highest BCUT2D eigenvalue weighted by molar-refractivity contribution is 5.98. The van der Waals surface area contributed by atoms with Gasteiger partial charge in [-0.3, -0.25) is 0 Å². The summed E-state index contributed by atoms with van der Waals surface area (Å²) in [6.07, 6.45) is 0. The first-order valence-electron chi connectivity index (χ1n) is 6.86. The zero-order valence-corrected chi connectivity index (χ0v) is 11.5. The van der Waals surface area contributed by atoms with E-state index in [4.69, 9.17) is 0 Å². The van der Waals surface area contributed by atoms with E-state index in [1.165, 1.54) is 17.5 Å². The molecule has 2 nitrogen and oxygen atoms in total. The van der Waals surface area contributed by atoms with Crippen molar-refractivity contribution in [2.75, 3.05) is 0 Å². The van der Waals surface area contributed by atoms with Gasteiger partial charge in [0.15, 0.2) is 0 Å². The molecule has 0 spiro atoms. The molecule has 0 N–H and O–H groups in total. The fraction of sp³-hybridized carbons (Fsp3) is 0.0556. The van der Waals surface area contributed by atoms with Gasteiger partial charge in [-0.25, -0.2) is 8.91 Å². The molecule has 0 radical (unpaired) electrons. The van der Waals surface area contributed by atoms with E-state index in [0.29, 0.717) is 0 Å². The van der Waals surface area contributed by atoms with Gasteiger partial charge in [0.2, 0.25) is 0 Å². The molecule has 2 heterocycles. The van der Waals surface area contributed by atoms with Crippen LogP contribution in [0, 0.1) is 12.7 Å². The van der Waals surface area contributed by atoms with E-state index in [0.717, 1.165) is 27.9 Å². The number of rotatable bonds is 1. The Morgan fingerprint density at radius 3 is 2.52 bits per heavy atom. The van der Waals surface area contributed by atoms with Crippen molar-refractivity contribution in [2.45, 2.75) is 6.92 Å². The molecule has 0 atom stereocenters. The van der Waals surface area contributed by atoms with Gasteiger partial charge in [0.25, 0.3) is 0 Å². The molecule has 0 aliphatic rings. The monoisotopic (exact) mass is 276 g/mol. The molecule has 3 heteroatoms. The summed E-state index contributed by atoms with van der Waals surface area (Å²) in [5.41, 5.74) is 3.96. The SMILES string of the molecule is Cc1cc2c3ccccc3cc(-c3ccc(F)cc3)n2n1. The first-order chi connectivity index (χ1) is 10.2. The van der Waals surface area contributed by atoms with Crippen LogP contribution in [0.3, 0.4) is 0 Å². The number of benzene rings is 2. The van der Waals surface area contributed by atoms with Gasteiger partial charge in [0, 0.05) is 10.9 Å². The van der Waals surface area contributed by atoms with Crippen LogP contribution >= 0.6 is 0 Å². The van der Waals surface area contributed by atoms with Crippen LogP contribution in [0.15, 0.2) is 60.7 Å². The molecule has 4 rings (SSSR count). The van der Waals surface area contributed by atoms with Crippen molar-refractivity contribution in [2.24, 2.45) is 0 Å². The molecule has 0 saturated carbocycles. The lowest BCUT2D eigenvalue weighted by molar-refractivity contribution is 0.628. The van der Waals surface area contributed by atoms with E-state index in [1.807, 2.05) is 23.6 Å². The van der Waals surface area contributed by atoms with Crippen LogP contribution in [0.2, 0.25) is 0 Å². The highest BCUT2D eigenvalue weighted by atomic mass is 19.1. The minimum absolute atomic E-state index is 0.229. The average Bonchev–Trinajstić information content (AvgIpc) is 2.89. The Kier molecular flexibility index (Phi) is 2.54. The van der Waals surface area contributed by atoms with E-state index >= 15 is 0 Å². The highest BCUT2D eigenvalue weighted by Crippen LogP contribution is 2.28. The quantitative estimate of drug-likeness (QED) is 0.496. The number of hydrogen-bond acceptors (Lipinski definition) is 1. The van der Waals surface area contributed by atoms with Crippen molar-refractivity contribution < 1.29 is 4.39 Å². The minimum atomic E-state index is -0.229. The molecule has 2 aromatic carbocycles. The number of aryl methyl sites for hydroxylation is 1. The van der Waals surface area contributed by atoms with Crippen molar-refractivity contribution in [1.82, 2.24) is 9.61 Å². The highest BCUT2D eigenvalue weighted by Gasteiger charge is 2.10. The van der Waals surface area contributed by atoms with Gasteiger partial charge in [0.05, 0.1) is 16.9 Å².